The van der Waals surface area contributed by atoms with Crippen LogP contribution in [-0.2, 0) is 23.1 Å². The molecule has 8 heteroatoms. The van der Waals surface area contributed by atoms with E-state index in [0.29, 0.717) is 23.1 Å². The van der Waals surface area contributed by atoms with Crippen molar-refractivity contribution in [2.45, 2.75) is 51.0 Å². The summed E-state index contributed by atoms with van der Waals surface area (Å²) in [7, 11) is 1.72. The van der Waals surface area contributed by atoms with E-state index in [9.17, 15) is 14.7 Å². The largest absolute Gasteiger partial charge is 0.479 e. The van der Waals surface area contributed by atoms with E-state index in [-0.39, 0.29) is 18.2 Å². The van der Waals surface area contributed by atoms with Crippen LogP contribution in [0.4, 0.5) is 0 Å². The summed E-state index contributed by atoms with van der Waals surface area (Å²) >= 11 is 5.91. The molecular formula is C20H25ClN4O3. The number of nitrogens with zero attached hydrogens (tertiary/aromatic N) is 3. The molecule has 0 spiro atoms. The Kier molecular flexibility index (Phi) is 6.03. The van der Waals surface area contributed by atoms with Crippen LogP contribution in [0.25, 0.3) is 11.4 Å². The summed E-state index contributed by atoms with van der Waals surface area (Å²) in [6.07, 6.45) is 3.76. The zero-order valence-corrected chi connectivity index (χ0v) is 16.9. The number of carbonyl (C=O) groups excluding carboxylic acids is 1. The predicted molar refractivity (Wildman–Crippen MR) is 106 cm³/mol. The molecule has 3 rings (SSSR count). The maximum atomic E-state index is 12.7. The van der Waals surface area contributed by atoms with Crippen LogP contribution >= 0.6 is 11.6 Å². The Balaban J connectivity index is 1.77. The molecular weight excluding hydrogens is 380 g/mol. The van der Waals surface area contributed by atoms with Gasteiger partial charge in [0.2, 0.25) is 5.91 Å². The lowest BCUT2D eigenvalue weighted by Crippen LogP contribution is -2.60. The lowest BCUT2D eigenvalue weighted by atomic mass is 9.71. The van der Waals surface area contributed by atoms with Crippen LogP contribution in [0.1, 0.15) is 44.9 Å². The summed E-state index contributed by atoms with van der Waals surface area (Å²) in [6.45, 7) is 1.97. The Morgan fingerprint density at radius 2 is 2.04 bits per heavy atom. The molecule has 1 saturated carbocycles. The molecule has 1 aliphatic carbocycles. The first-order valence-corrected chi connectivity index (χ1v) is 9.93. The van der Waals surface area contributed by atoms with Crippen LogP contribution in [0.15, 0.2) is 24.3 Å². The maximum Gasteiger partial charge on any atom is 0.329 e. The van der Waals surface area contributed by atoms with E-state index in [1.165, 1.54) is 0 Å². The van der Waals surface area contributed by atoms with Crippen LogP contribution in [-0.4, -0.2) is 37.3 Å². The number of rotatable bonds is 6. The Morgan fingerprint density at radius 3 is 2.68 bits per heavy atom. The van der Waals surface area contributed by atoms with Crippen LogP contribution < -0.4 is 5.32 Å². The molecule has 0 bridgehead atoms. The van der Waals surface area contributed by atoms with Gasteiger partial charge in [0.25, 0.3) is 0 Å². The molecule has 2 atom stereocenters. The van der Waals surface area contributed by atoms with Crippen LogP contribution in [0.3, 0.4) is 0 Å². The van der Waals surface area contributed by atoms with E-state index in [2.05, 4.69) is 15.4 Å². The van der Waals surface area contributed by atoms with Gasteiger partial charge in [-0.15, -0.1) is 0 Å². The van der Waals surface area contributed by atoms with Crippen molar-refractivity contribution in [1.82, 2.24) is 20.1 Å². The maximum absolute atomic E-state index is 12.7. The van der Waals surface area contributed by atoms with Gasteiger partial charge in [-0.1, -0.05) is 37.8 Å². The standard InChI is InChI=1S/C20H25ClN4O3/c1-3-14-6-4-5-11-20(14,19(27)28)23-17(26)12-16-22-18(24-25(16)2)13-7-9-15(21)10-8-13/h7-10,14H,3-6,11-12H2,1-2H3,(H,23,26)(H,27,28). The fraction of sp³-hybridized carbons (Fsp3) is 0.500. The SMILES string of the molecule is CCC1CCCCC1(NC(=O)Cc1nc(-c2ccc(Cl)cc2)nn1C)C(=O)O. The first kappa shape index (κ1) is 20.3. The minimum absolute atomic E-state index is 0.0252. The number of benzene rings is 1. The normalized spacial score (nSPS) is 22.0. The molecule has 0 aliphatic heterocycles. The van der Waals surface area contributed by atoms with Crippen molar-refractivity contribution in [3.8, 4) is 11.4 Å². The highest BCUT2D eigenvalue weighted by molar-refractivity contribution is 6.30. The summed E-state index contributed by atoms with van der Waals surface area (Å²) in [5, 5.41) is 17.7. The van der Waals surface area contributed by atoms with Gasteiger partial charge in [-0.25, -0.2) is 9.78 Å². The van der Waals surface area contributed by atoms with Gasteiger partial charge >= 0.3 is 5.97 Å². The van der Waals surface area contributed by atoms with Crippen molar-refractivity contribution in [3.05, 3.63) is 35.1 Å². The molecule has 1 aromatic carbocycles. The highest BCUT2D eigenvalue weighted by Crippen LogP contribution is 2.36. The van der Waals surface area contributed by atoms with Crippen molar-refractivity contribution in [3.63, 3.8) is 0 Å². The van der Waals surface area contributed by atoms with Crippen LogP contribution in [0.2, 0.25) is 5.02 Å². The average molecular weight is 405 g/mol. The third-order valence-corrected chi connectivity index (χ3v) is 5.83. The van der Waals surface area contributed by atoms with E-state index in [0.717, 1.165) is 31.2 Å². The number of halogens is 1. The van der Waals surface area contributed by atoms with E-state index >= 15 is 0 Å². The molecule has 2 N–H and O–H groups in total. The first-order valence-electron chi connectivity index (χ1n) is 9.56. The monoisotopic (exact) mass is 404 g/mol. The van der Waals surface area contributed by atoms with Crippen molar-refractivity contribution >= 4 is 23.5 Å². The van der Waals surface area contributed by atoms with Gasteiger partial charge in [-0.3, -0.25) is 9.48 Å². The number of carboxylic acids is 1. The summed E-state index contributed by atoms with van der Waals surface area (Å²) in [5.74, 6) is -0.384. The van der Waals surface area contributed by atoms with Crippen LogP contribution in [0, 0.1) is 5.92 Å². The van der Waals surface area contributed by atoms with Crippen molar-refractivity contribution in [2.24, 2.45) is 13.0 Å². The summed E-state index contributed by atoms with van der Waals surface area (Å²) in [4.78, 5) is 29.2. The Morgan fingerprint density at radius 1 is 1.32 bits per heavy atom. The number of hydrogen-bond donors (Lipinski definition) is 2. The number of aromatic nitrogens is 3. The molecule has 28 heavy (non-hydrogen) atoms. The molecule has 1 fully saturated rings. The van der Waals surface area contributed by atoms with Crippen molar-refractivity contribution in [1.29, 1.82) is 0 Å². The zero-order valence-electron chi connectivity index (χ0n) is 16.1. The molecule has 2 unspecified atom stereocenters. The molecule has 150 valence electrons. The second-order valence-corrected chi connectivity index (χ2v) is 7.77. The first-order chi connectivity index (χ1) is 13.4. The molecule has 1 heterocycles. The molecule has 1 amide bonds. The molecule has 1 aromatic heterocycles. The number of nitrogens with one attached hydrogen (secondary N) is 1. The van der Waals surface area contributed by atoms with E-state index in [4.69, 9.17) is 11.6 Å². The number of amides is 1. The quantitative estimate of drug-likeness (QED) is 0.770. The fourth-order valence-electron chi connectivity index (χ4n) is 4.03. The van der Waals surface area contributed by atoms with E-state index in [1.54, 1.807) is 23.9 Å². The van der Waals surface area contributed by atoms with Gasteiger partial charge < -0.3 is 10.4 Å². The minimum Gasteiger partial charge on any atom is -0.479 e. The second-order valence-electron chi connectivity index (χ2n) is 7.33. The highest BCUT2D eigenvalue weighted by atomic mass is 35.5. The molecule has 7 nitrogen and oxygen atoms in total. The summed E-state index contributed by atoms with van der Waals surface area (Å²) < 4.78 is 1.55. The molecule has 2 aromatic rings. The third kappa shape index (κ3) is 4.04. The highest BCUT2D eigenvalue weighted by Gasteiger charge is 2.47. The predicted octanol–water partition coefficient (Wildman–Crippen LogP) is 3.22. The van der Waals surface area contributed by atoms with Gasteiger partial charge in [0.15, 0.2) is 5.82 Å². The topological polar surface area (TPSA) is 97.1 Å². The van der Waals surface area contributed by atoms with Gasteiger partial charge in [0.05, 0.1) is 6.42 Å². The third-order valence-electron chi connectivity index (χ3n) is 5.58. The van der Waals surface area contributed by atoms with E-state index < -0.39 is 11.5 Å². The Hall–Kier alpha value is -2.41. The number of aliphatic carboxylic acids is 1. The summed E-state index contributed by atoms with van der Waals surface area (Å²) in [6, 6.07) is 7.14. The smallest absolute Gasteiger partial charge is 0.329 e. The average Bonchev–Trinajstić information content (AvgIpc) is 3.02. The lowest BCUT2D eigenvalue weighted by Gasteiger charge is -2.41. The zero-order chi connectivity index (χ0) is 20.3. The van der Waals surface area contributed by atoms with Gasteiger partial charge in [0, 0.05) is 17.6 Å². The van der Waals surface area contributed by atoms with Gasteiger partial charge in [-0.2, -0.15) is 5.10 Å². The van der Waals surface area contributed by atoms with Gasteiger partial charge in [0.1, 0.15) is 11.4 Å². The fourth-order valence-corrected chi connectivity index (χ4v) is 4.15. The Bertz CT molecular complexity index is 865. The summed E-state index contributed by atoms with van der Waals surface area (Å²) in [5.41, 5.74) is -0.395. The second kappa shape index (κ2) is 8.31. The molecule has 1 aliphatic rings. The minimum atomic E-state index is -1.19. The van der Waals surface area contributed by atoms with Crippen molar-refractivity contribution in [2.75, 3.05) is 0 Å². The van der Waals surface area contributed by atoms with E-state index in [1.807, 2.05) is 19.1 Å². The number of carboxylic acid groups (broad SMARTS) is 1. The van der Waals surface area contributed by atoms with Gasteiger partial charge in [-0.05, 0) is 43.0 Å². The molecule has 0 radical (unpaired) electrons. The number of aryl methyl sites for hydroxylation is 1. The number of hydrogen-bond acceptors (Lipinski definition) is 4. The number of carbonyl (C=O) groups is 2. The van der Waals surface area contributed by atoms with Crippen molar-refractivity contribution < 1.29 is 14.7 Å². The molecule has 0 saturated heterocycles. The Labute approximate surface area is 169 Å². The van der Waals surface area contributed by atoms with Crippen LogP contribution in [0.5, 0.6) is 0 Å². The lowest BCUT2D eigenvalue weighted by molar-refractivity contribution is -0.152.